The fraction of sp³-hybridized carbons (Fsp3) is 0.176. The third kappa shape index (κ3) is 2.74. The van der Waals surface area contributed by atoms with Crippen molar-refractivity contribution in [2.24, 2.45) is 0 Å². The van der Waals surface area contributed by atoms with E-state index in [0.29, 0.717) is 26.2 Å². The first-order chi connectivity index (χ1) is 11.5. The number of nitrogens with zero attached hydrogens (tertiary/aromatic N) is 2. The summed E-state index contributed by atoms with van der Waals surface area (Å²) in [4.78, 5) is 41.7. The number of carbonyl (C=O) groups excluding carboxylic acids is 2. The van der Waals surface area contributed by atoms with Gasteiger partial charge in [-0.1, -0.05) is 30.3 Å². The molecule has 0 aliphatic carbocycles. The number of benzene rings is 1. The number of fused-ring (bicyclic) bond motifs is 1. The van der Waals surface area contributed by atoms with Gasteiger partial charge in [-0.15, -0.1) is 11.3 Å². The molecule has 0 bridgehead atoms. The minimum Gasteiger partial charge on any atom is -0.465 e. The van der Waals surface area contributed by atoms with Crippen LogP contribution in [-0.4, -0.2) is 28.4 Å². The molecule has 2 heterocycles. The largest absolute Gasteiger partial charge is 0.465 e. The van der Waals surface area contributed by atoms with Gasteiger partial charge in [-0.25, -0.2) is 9.78 Å². The third-order valence-electron chi connectivity index (χ3n) is 3.70. The first-order valence-electron chi connectivity index (χ1n) is 7.18. The van der Waals surface area contributed by atoms with Crippen molar-refractivity contribution in [3.05, 3.63) is 63.0 Å². The summed E-state index contributed by atoms with van der Waals surface area (Å²) in [5, 5.41) is 0.351. The zero-order valence-electron chi connectivity index (χ0n) is 13.1. The number of esters is 1. The van der Waals surface area contributed by atoms with Crippen LogP contribution in [0.25, 0.3) is 10.2 Å². The predicted octanol–water partition coefficient (Wildman–Crippen LogP) is 2.44. The normalized spacial score (nSPS) is 10.8. The quantitative estimate of drug-likeness (QED) is 0.537. The Bertz CT molecular complexity index is 989. The molecule has 7 heteroatoms. The van der Waals surface area contributed by atoms with Gasteiger partial charge in [0.25, 0.3) is 5.56 Å². The Kier molecular flexibility index (Phi) is 4.26. The van der Waals surface area contributed by atoms with Gasteiger partial charge in [-0.2, -0.15) is 0 Å². The molecule has 1 aromatic carbocycles. The minimum atomic E-state index is -0.498. The number of ketones is 1. The highest BCUT2D eigenvalue weighted by Gasteiger charge is 2.20. The Morgan fingerprint density at radius 2 is 1.96 bits per heavy atom. The van der Waals surface area contributed by atoms with E-state index in [1.165, 1.54) is 18.0 Å². The molecule has 0 fully saturated rings. The number of carbonyl (C=O) groups is 2. The Balaban J connectivity index is 2.03. The van der Waals surface area contributed by atoms with Gasteiger partial charge in [-0.05, 0) is 12.5 Å². The minimum absolute atomic E-state index is 0.103. The number of thiophene rings is 1. The van der Waals surface area contributed by atoms with E-state index in [1.54, 1.807) is 31.2 Å². The van der Waals surface area contributed by atoms with Crippen LogP contribution in [0.1, 0.15) is 25.6 Å². The van der Waals surface area contributed by atoms with E-state index in [0.717, 1.165) is 11.3 Å². The average Bonchev–Trinajstić information content (AvgIpc) is 2.95. The molecule has 3 aromatic rings. The predicted molar refractivity (Wildman–Crippen MR) is 90.7 cm³/mol. The molecule has 0 spiro atoms. The van der Waals surface area contributed by atoms with Crippen LogP contribution in [0.15, 0.2) is 41.5 Å². The molecule has 0 aliphatic heterocycles. The van der Waals surface area contributed by atoms with Crippen LogP contribution < -0.4 is 5.56 Å². The third-order valence-corrected chi connectivity index (χ3v) is 4.88. The van der Waals surface area contributed by atoms with Crippen molar-refractivity contribution >= 4 is 33.3 Å². The van der Waals surface area contributed by atoms with E-state index >= 15 is 0 Å². The zero-order chi connectivity index (χ0) is 17.3. The van der Waals surface area contributed by atoms with E-state index < -0.39 is 5.97 Å². The van der Waals surface area contributed by atoms with Crippen LogP contribution in [0.3, 0.4) is 0 Å². The summed E-state index contributed by atoms with van der Waals surface area (Å²) in [5.41, 5.74) is 0.718. The molecule has 0 aliphatic rings. The van der Waals surface area contributed by atoms with Gasteiger partial charge in [0.05, 0.1) is 25.4 Å². The standard InChI is InChI=1S/C17H14N2O4S/c1-10-13-15(24-14(10)17(22)23-2)18-9-19(16(13)21)8-12(20)11-6-4-3-5-7-11/h3-7,9H,8H2,1-2H3. The lowest BCUT2D eigenvalue weighted by molar-refractivity contribution is 0.0605. The highest BCUT2D eigenvalue weighted by molar-refractivity contribution is 7.20. The lowest BCUT2D eigenvalue weighted by atomic mass is 10.1. The number of ether oxygens (including phenoxy) is 1. The number of aromatic nitrogens is 2. The molecule has 0 saturated heterocycles. The van der Waals surface area contributed by atoms with E-state index in [1.807, 2.05) is 6.07 Å². The molecule has 3 rings (SSSR count). The Morgan fingerprint density at radius 1 is 1.25 bits per heavy atom. The number of rotatable bonds is 4. The van der Waals surface area contributed by atoms with Crippen molar-refractivity contribution < 1.29 is 14.3 Å². The fourth-order valence-corrected chi connectivity index (χ4v) is 3.49. The molecule has 24 heavy (non-hydrogen) atoms. The molecule has 0 radical (unpaired) electrons. The first-order valence-corrected chi connectivity index (χ1v) is 7.99. The van der Waals surface area contributed by atoms with Crippen molar-refractivity contribution in [1.82, 2.24) is 9.55 Å². The van der Waals surface area contributed by atoms with Gasteiger partial charge in [0, 0.05) is 5.56 Å². The molecular formula is C17H14N2O4S. The summed E-state index contributed by atoms with van der Waals surface area (Å²) in [5.74, 6) is -0.679. The fourth-order valence-electron chi connectivity index (χ4n) is 2.43. The van der Waals surface area contributed by atoms with E-state index in [2.05, 4.69) is 4.98 Å². The van der Waals surface area contributed by atoms with E-state index in [-0.39, 0.29) is 17.9 Å². The topological polar surface area (TPSA) is 78.3 Å². The van der Waals surface area contributed by atoms with E-state index in [9.17, 15) is 14.4 Å². The molecule has 0 unspecified atom stereocenters. The molecule has 0 saturated carbocycles. The smallest absolute Gasteiger partial charge is 0.348 e. The molecule has 6 nitrogen and oxygen atoms in total. The van der Waals surface area contributed by atoms with Crippen molar-refractivity contribution in [2.45, 2.75) is 13.5 Å². The number of Topliss-reactive ketones (excluding diaryl/α,β-unsaturated/α-hetero) is 1. The van der Waals surface area contributed by atoms with Gasteiger partial charge in [0.2, 0.25) is 0 Å². The first kappa shape index (κ1) is 16.1. The Morgan fingerprint density at radius 3 is 2.62 bits per heavy atom. The second kappa shape index (κ2) is 6.37. The summed E-state index contributed by atoms with van der Waals surface area (Å²) >= 11 is 1.11. The second-order valence-corrected chi connectivity index (χ2v) is 6.19. The van der Waals surface area contributed by atoms with Crippen molar-refractivity contribution in [3.63, 3.8) is 0 Å². The number of hydrogen-bond donors (Lipinski definition) is 0. The van der Waals surface area contributed by atoms with Crippen LogP contribution in [0, 0.1) is 6.92 Å². The number of hydrogen-bond acceptors (Lipinski definition) is 6. The van der Waals surface area contributed by atoms with Crippen molar-refractivity contribution in [3.8, 4) is 0 Å². The van der Waals surface area contributed by atoms with Gasteiger partial charge < -0.3 is 4.74 Å². The van der Waals surface area contributed by atoms with Gasteiger partial charge in [-0.3, -0.25) is 14.2 Å². The van der Waals surface area contributed by atoms with Crippen LogP contribution in [0.4, 0.5) is 0 Å². The summed E-state index contributed by atoms with van der Waals surface area (Å²) in [6.45, 7) is 1.58. The molecule has 122 valence electrons. The maximum Gasteiger partial charge on any atom is 0.348 e. The SMILES string of the molecule is COC(=O)c1sc2ncn(CC(=O)c3ccccc3)c(=O)c2c1C. The summed E-state index contributed by atoms with van der Waals surface area (Å²) in [7, 11) is 1.29. The van der Waals surface area contributed by atoms with Crippen LogP contribution in [0.5, 0.6) is 0 Å². The molecule has 0 amide bonds. The highest BCUT2D eigenvalue weighted by Crippen LogP contribution is 2.27. The molecule has 2 aromatic heterocycles. The Labute approximate surface area is 141 Å². The molecular weight excluding hydrogens is 328 g/mol. The van der Waals surface area contributed by atoms with Gasteiger partial charge in [0.15, 0.2) is 5.78 Å². The zero-order valence-corrected chi connectivity index (χ0v) is 13.9. The monoisotopic (exact) mass is 342 g/mol. The molecule has 0 atom stereocenters. The lowest BCUT2D eigenvalue weighted by Crippen LogP contribution is -2.24. The average molecular weight is 342 g/mol. The summed E-state index contributed by atoms with van der Waals surface area (Å²) < 4.78 is 5.98. The van der Waals surface area contributed by atoms with Crippen molar-refractivity contribution in [2.75, 3.05) is 7.11 Å². The number of aryl methyl sites for hydroxylation is 1. The molecule has 0 N–H and O–H groups in total. The number of methoxy groups -OCH3 is 1. The van der Waals surface area contributed by atoms with Crippen LogP contribution >= 0.6 is 11.3 Å². The lowest BCUT2D eigenvalue weighted by Gasteiger charge is -2.05. The van der Waals surface area contributed by atoms with Crippen LogP contribution in [-0.2, 0) is 11.3 Å². The summed E-state index contributed by atoms with van der Waals surface area (Å²) in [6.07, 6.45) is 1.34. The highest BCUT2D eigenvalue weighted by atomic mass is 32.1. The maximum absolute atomic E-state index is 12.7. The van der Waals surface area contributed by atoms with Crippen LogP contribution in [0.2, 0.25) is 0 Å². The van der Waals surface area contributed by atoms with E-state index in [4.69, 9.17) is 4.74 Å². The maximum atomic E-state index is 12.7. The van der Waals surface area contributed by atoms with Gasteiger partial charge >= 0.3 is 5.97 Å². The summed E-state index contributed by atoms with van der Waals surface area (Å²) in [6, 6.07) is 8.75. The van der Waals surface area contributed by atoms with Crippen molar-refractivity contribution in [1.29, 1.82) is 0 Å². The second-order valence-electron chi connectivity index (χ2n) is 5.19. The Hall–Kier alpha value is -2.80. The van der Waals surface area contributed by atoms with Gasteiger partial charge in [0.1, 0.15) is 9.71 Å².